The van der Waals surface area contributed by atoms with Crippen molar-refractivity contribution < 1.29 is 4.79 Å². The molecule has 6 heteroatoms. The predicted molar refractivity (Wildman–Crippen MR) is 43.5 cm³/mol. The summed E-state index contributed by atoms with van der Waals surface area (Å²) in [5, 5.41) is 5.77. The molecule has 66 valence electrons. The van der Waals surface area contributed by atoms with Gasteiger partial charge in [0, 0.05) is 11.3 Å². The van der Waals surface area contributed by atoms with Gasteiger partial charge in [0.2, 0.25) is 0 Å². The van der Waals surface area contributed by atoms with E-state index in [1.807, 2.05) is 0 Å². The average molecular weight is 170 g/mol. The Kier molecular flexibility index (Phi) is 6.78. The number of hydrogen-bond donors (Lipinski definition) is 0. The Labute approximate surface area is 69.6 Å². The summed E-state index contributed by atoms with van der Waals surface area (Å²) < 4.78 is 0. The lowest BCUT2D eigenvalue weighted by atomic mass is 10.2. The number of carbonyl (C=O) groups is 1. The smallest absolute Gasteiger partial charge is 0.138 e. The van der Waals surface area contributed by atoms with Crippen LogP contribution in [0, 0.1) is 4.91 Å². The zero-order valence-corrected chi connectivity index (χ0v) is 6.64. The highest BCUT2D eigenvalue weighted by molar-refractivity contribution is 5.80. The topological polar surface area (TPSA) is 95.3 Å². The van der Waals surface area contributed by atoms with E-state index >= 15 is 0 Å². The molecule has 0 N–H and O–H groups in total. The summed E-state index contributed by atoms with van der Waals surface area (Å²) in [6, 6.07) is 0. The van der Waals surface area contributed by atoms with Crippen LogP contribution in [-0.2, 0) is 4.79 Å². The van der Waals surface area contributed by atoms with Gasteiger partial charge in [-0.3, -0.25) is 4.79 Å². The molecule has 0 rings (SSSR count). The van der Waals surface area contributed by atoms with Crippen molar-refractivity contribution in [1.82, 2.24) is 0 Å². The second-order valence-electron chi connectivity index (χ2n) is 2.24. The maximum Gasteiger partial charge on any atom is 0.138 e. The summed E-state index contributed by atoms with van der Waals surface area (Å²) in [5.41, 5.74) is 7.87. The number of hydrogen-bond acceptors (Lipinski definition) is 4. The van der Waals surface area contributed by atoms with Crippen LogP contribution in [0.15, 0.2) is 10.3 Å². The summed E-state index contributed by atoms with van der Waals surface area (Å²) >= 11 is 0. The molecule has 0 bridgehead atoms. The van der Waals surface area contributed by atoms with E-state index in [4.69, 9.17) is 5.53 Å². The van der Waals surface area contributed by atoms with Gasteiger partial charge in [0.1, 0.15) is 5.78 Å². The average Bonchev–Trinajstić information content (AvgIpc) is 2.09. The Morgan fingerprint density at radius 3 is 2.75 bits per heavy atom. The van der Waals surface area contributed by atoms with Gasteiger partial charge in [0.05, 0.1) is 13.1 Å². The number of nitrogens with zero attached hydrogens (tertiary/aromatic N) is 4. The van der Waals surface area contributed by atoms with E-state index in [2.05, 4.69) is 15.2 Å². The maximum absolute atomic E-state index is 10.8. The monoisotopic (exact) mass is 170 g/mol. The van der Waals surface area contributed by atoms with Crippen molar-refractivity contribution >= 4 is 5.78 Å². The number of unbranched alkanes of at least 4 members (excludes halogenated alkanes) is 1. The highest BCUT2D eigenvalue weighted by Gasteiger charge is 1.98. The Morgan fingerprint density at radius 1 is 1.42 bits per heavy atom. The molecule has 0 aromatic rings. The molecule has 0 aromatic heterocycles. The van der Waals surface area contributed by atoms with E-state index in [1.165, 1.54) is 0 Å². The minimum atomic E-state index is -0.0984. The molecule has 0 saturated heterocycles. The first-order valence-corrected chi connectivity index (χ1v) is 3.63. The van der Waals surface area contributed by atoms with Crippen molar-refractivity contribution in [2.45, 2.75) is 19.3 Å². The van der Waals surface area contributed by atoms with Crippen LogP contribution in [0.25, 0.3) is 10.4 Å². The van der Waals surface area contributed by atoms with E-state index < -0.39 is 0 Å². The quantitative estimate of drug-likeness (QED) is 0.191. The molecule has 6 nitrogen and oxygen atoms in total. The third-order valence-electron chi connectivity index (χ3n) is 1.27. The van der Waals surface area contributed by atoms with Crippen molar-refractivity contribution in [3.63, 3.8) is 0 Å². The van der Waals surface area contributed by atoms with Crippen molar-refractivity contribution in [2.24, 2.45) is 10.3 Å². The Morgan fingerprint density at radius 2 is 2.17 bits per heavy atom. The van der Waals surface area contributed by atoms with Crippen LogP contribution in [0.2, 0.25) is 0 Å². The number of azide groups is 1. The van der Waals surface area contributed by atoms with Crippen molar-refractivity contribution in [2.75, 3.05) is 13.1 Å². The molecule has 12 heavy (non-hydrogen) atoms. The lowest BCUT2D eigenvalue weighted by molar-refractivity contribution is -0.117. The van der Waals surface area contributed by atoms with Gasteiger partial charge in [-0.1, -0.05) is 10.3 Å². The third kappa shape index (κ3) is 6.70. The molecule has 0 unspecified atom stereocenters. The van der Waals surface area contributed by atoms with E-state index in [1.54, 1.807) is 0 Å². The van der Waals surface area contributed by atoms with Gasteiger partial charge in [-0.2, -0.15) is 4.91 Å². The lowest BCUT2D eigenvalue weighted by Crippen LogP contribution is -2.01. The molecular formula is C6H10N4O2. The molecule has 0 aliphatic rings. The molecule has 0 aliphatic carbocycles. The van der Waals surface area contributed by atoms with Crippen LogP contribution in [0.4, 0.5) is 0 Å². The first-order chi connectivity index (χ1) is 5.81. The van der Waals surface area contributed by atoms with Gasteiger partial charge in [-0.15, -0.1) is 0 Å². The van der Waals surface area contributed by atoms with E-state index in [-0.39, 0.29) is 18.9 Å². The van der Waals surface area contributed by atoms with Gasteiger partial charge in [0.25, 0.3) is 0 Å². The second-order valence-corrected chi connectivity index (χ2v) is 2.24. The van der Waals surface area contributed by atoms with Crippen molar-refractivity contribution in [1.29, 1.82) is 0 Å². The number of carbonyl (C=O) groups excluding carboxylic acids is 1. The molecule has 0 heterocycles. The lowest BCUT2D eigenvalue weighted by Gasteiger charge is -1.93. The number of ketones is 1. The van der Waals surface area contributed by atoms with Crippen LogP contribution in [-0.4, -0.2) is 18.9 Å². The van der Waals surface area contributed by atoms with Gasteiger partial charge >= 0.3 is 0 Å². The summed E-state index contributed by atoms with van der Waals surface area (Å²) in [7, 11) is 0. The van der Waals surface area contributed by atoms with E-state index in [9.17, 15) is 9.70 Å². The minimum Gasteiger partial charge on any atom is -0.300 e. The Bertz CT molecular complexity index is 198. The molecule has 0 radical (unpaired) electrons. The molecule has 0 spiro atoms. The molecule has 0 amide bonds. The number of nitroso groups, excluding NO2 is 1. The van der Waals surface area contributed by atoms with Crippen LogP contribution in [0.3, 0.4) is 0 Å². The summed E-state index contributed by atoms with van der Waals surface area (Å²) in [4.78, 5) is 22.9. The third-order valence-corrected chi connectivity index (χ3v) is 1.27. The molecule has 0 fully saturated rings. The maximum atomic E-state index is 10.8. The van der Waals surface area contributed by atoms with E-state index in [0.29, 0.717) is 19.3 Å². The van der Waals surface area contributed by atoms with Crippen LogP contribution in [0.5, 0.6) is 0 Å². The summed E-state index contributed by atoms with van der Waals surface area (Å²) in [6.07, 6.45) is 1.60. The first-order valence-electron chi connectivity index (χ1n) is 3.63. The molecular weight excluding hydrogens is 160 g/mol. The number of rotatable bonds is 7. The van der Waals surface area contributed by atoms with Crippen LogP contribution < -0.4 is 0 Å². The zero-order valence-electron chi connectivity index (χ0n) is 6.64. The fourth-order valence-corrected chi connectivity index (χ4v) is 0.688. The van der Waals surface area contributed by atoms with Gasteiger partial charge < -0.3 is 0 Å². The van der Waals surface area contributed by atoms with Crippen molar-refractivity contribution in [3.05, 3.63) is 15.3 Å². The van der Waals surface area contributed by atoms with Crippen LogP contribution >= 0.6 is 0 Å². The van der Waals surface area contributed by atoms with Gasteiger partial charge in [0.15, 0.2) is 0 Å². The van der Waals surface area contributed by atoms with Crippen LogP contribution in [0.1, 0.15) is 19.3 Å². The highest BCUT2D eigenvalue weighted by atomic mass is 16.3. The first kappa shape index (κ1) is 10.6. The molecule has 0 aromatic carbocycles. The SMILES string of the molecule is [N-]=[N+]=NCC(=O)CCCCN=O. The predicted octanol–water partition coefficient (Wildman–Crippen LogP) is 1.80. The standard InChI is InChI=1S/C6H10N4O2/c7-10-8-5-6(11)3-1-2-4-9-12/h1-5H2. The largest absolute Gasteiger partial charge is 0.300 e. The zero-order chi connectivity index (χ0) is 9.23. The fraction of sp³-hybridized carbons (Fsp3) is 0.833. The fourth-order valence-electron chi connectivity index (χ4n) is 0.688. The Balaban J connectivity index is 3.31. The molecule has 0 aliphatic heterocycles. The second kappa shape index (κ2) is 7.68. The van der Waals surface area contributed by atoms with Gasteiger partial charge in [-0.25, -0.2) is 0 Å². The summed E-state index contributed by atoms with van der Waals surface area (Å²) in [6.45, 7) is 0.153. The normalized spacial score (nSPS) is 8.67. The highest BCUT2D eigenvalue weighted by Crippen LogP contribution is 1.97. The van der Waals surface area contributed by atoms with Gasteiger partial charge in [-0.05, 0) is 18.4 Å². The molecule has 0 saturated carbocycles. The minimum absolute atomic E-state index is 0.0922. The number of Topliss-reactive ketones (excluding diaryl/α,β-unsaturated/α-hetero) is 1. The van der Waals surface area contributed by atoms with Crippen molar-refractivity contribution in [3.8, 4) is 0 Å². The van der Waals surface area contributed by atoms with E-state index in [0.717, 1.165) is 0 Å². The molecule has 0 atom stereocenters. The summed E-state index contributed by atoms with van der Waals surface area (Å²) in [5.74, 6) is -0.0984. The Hall–Kier alpha value is -1.42.